The molecular weight excluding hydrogens is 296 g/mol. The van der Waals surface area contributed by atoms with Crippen molar-refractivity contribution in [1.29, 1.82) is 0 Å². The van der Waals surface area contributed by atoms with Gasteiger partial charge in [0.05, 0.1) is 12.2 Å². The van der Waals surface area contributed by atoms with Gasteiger partial charge in [0.15, 0.2) is 0 Å². The van der Waals surface area contributed by atoms with E-state index in [1.165, 1.54) is 0 Å². The first-order valence-corrected chi connectivity index (χ1v) is 8.08. The van der Waals surface area contributed by atoms with Crippen molar-refractivity contribution in [1.82, 2.24) is 14.7 Å². The fourth-order valence-electron chi connectivity index (χ4n) is 2.70. The van der Waals surface area contributed by atoms with E-state index in [-0.39, 0.29) is 17.9 Å². The minimum atomic E-state index is -0.519. The summed E-state index contributed by atoms with van der Waals surface area (Å²) in [5, 5.41) is 7.45. The van der Waals surface area contributed by atoms with Gasteiger partial charge in [-0.2, -0.15) is 5.10 Å². The van der Waals surface area contributed by atoms with Gasteiger partial charge in [-0.3, -0.25) is 9.48 Å². The number of hydrogen-bond donors (Lipinski definition) is 1. The van der Waals surface area contributed by atoms with Gasteiger partial charge in [-0.15, -0.1) is 0 Å². The van der Waals surface area contributed by atoms with Gasteiger partial charge in [-0.05, 0) is 33.6 Å². The van der Waals surface area contributed by atoms with Crippen LogP contribution in [0.15, 0.2) is 0 Å². The van der Waals surface area contributed by atoms with Crippen molar-refractivity contribution in [3.8, 4) is 0 Å². The van der Waals surface area contributed by atoms with Gasteiger partial charge < -0.3 is 15.0 Å². The van der Waals surface area contributed by atoms with Gasteiger partial charge in [-0.25, -0.2) is 4.79 Å². The maximum atomic E-state index is 12.3. The predicted octanol–water partition coefficient (Wildman–Crippen LogP) is 2.06. The van der Waals surface area contributed by atoms with Crippen molar-refractivity contribution in [2.75, 3.05) is 11.9 Å². The maximum absolute atomic E-state index is 12.3. The van der Waals surface area contributed by atoms with Gasteiger partial charge >= 0.3 is 6.09 Å². The van der Waals surface area contributed by atoms with Crippen molar-refractivity contribution in [3.63, 3.8) is 0 Å². The third-order valence-electron chi connectivity index (χ3n) is 4.04. The first-order chi connectivity index (χ1) is 10.7. The van der Waals surface area contributed by atoms with Crippen molar-refractivity contribution < 1.29 is 14.3 Å². The highest BCUT2D eigenvalue weighted by atomic mass is 16.6. The average molecular weight is 320 g/mol. The molecule has 1 aromatic heterocycles. The van der Waals surface area contributed by atoms with Crippen LogP contribution in [0.3, 0.4) is 0 Å². The monoisotopic (exact) mass is 320 g/mol. The molecule has 2 heterocycles. The zero-order valence-corrected chi connectivity index (χ0v) is 14.2. The summed E-state index contributed by atoms with van der Waals surface area (Å²) in [7, 11) is 1.82. The number of carbonyl (C=O) groups excluding carboxylic acids is 2. The van der Waals surface area contributed by atoms with E-state index in [1.54, 1.807) is 9.58 Å². The van der Waals surface area contributed by atoms with Crippen LogP contribution in [0.1, 0.15) is 44.9 Å². The smallest absolute Gasteiger partial charge is 0.410 e. The van der Waals surface area contributed by atoms with Crippen molar-refractivity contribution in [3.05, 3.63) is 11.3 Å². The summed E-state index contributed by atoms with van der Waals surface area (Å²) in [5.41, 5.74) is 1.34. The van der Waals surface area contributed by atoms with Crippen LogP contribution >= 0.6 is 0 Å². The highest BCUT2D eigenvalue weighted by Crippen LogP contribution is 2.32. The molecule has 126 valence electrons. The SMILES string of the molecule is Cn1nc2c(c1NC(=O)C1CC1)CN(C(=O)OC(C)(C)C)CC2. The van der Waals surface area contributed by atoms with Crippen LogP contribution < -0.4 is 5.32 Å². The minimum Gasteiger partial charge on any atom is -0.444 e. The molecule has 0 unspecified atom stereocenters. The second-order valence-electron chi connectivity index (χ2n) is 7.31. The van der Waals surface area contributed by atoms with Gasteiger partial charge in [0.2, 0.25) is 5.91 Å². The Morgan fingerprint density at radius 3 is 2.61 bits per heavy atom. The molecule has 2 amide bonds. The van der Waals surface area contributed by atoms with Crippen LogP contribution in [0.2, 0.25) is 0 Å². The lowest BCUT2D eigenvalue weighted by Crippen LogP contribution is -2.40. The zero-order chi connectivity index (χ0) is 16.8. The second kappa shape index (κ2) is 5.54. The largest absolute Gasteiger partial charge is 0.444 e. The quantitative estimate of drug-likeness (QED) is 0.905. The summed E-state index contributed by atoms with van der Waals surface area (Å²) in [6.45, 7) is 6.55. The topological polar surface area (TPSA) is 76.5 Å². The van der Waals surface area contributed by atoms with Gasteiger partial charge in [-0.1, -0.05) is 0 Å². The average Bonchev–Trinajstić information content (AvgIpc) is 3.23. The second-order valence-corrected chi connectivity index (χ2v) is 7.31. The molecule has 0 bridgehead atoms. The van der Waals surface area contributed by atoms with E-state index in [0.29, 0.717) is 25.3 Å². The number of ether oxygens (including phenoxy) is 1. The van der Waals surface area contributed by atoms with Crippen molar-refractivity contribution in [2.24, 2.45) is 13.0 Å². The van der Waals surface area contributed by atoms with Crippen molar-refractivity contribution in [2.45, 2.75) is 52.2 Å². The van der Waals surface area contributed by atoms with Crippen LogP contribution in [0.5, 0.6) is 0 Å². The molecule has 1 saturated carbocycles. The third-order valence-corrected chi connectivity index (χ3v) is 4.04. The lowest BCUT2D eigenvalue weighted by Gasteiger charge is -2.29. The molecule has 0 radical (unpaired) electrons. The molecule has 0 atom stereocenters. The summed E-state index contributed by atoms with van der Waals surface area (Å²) >= 11 is 0. The highest BCUT2D eigenvalue weighted by Gasteiger charge is 2.33. The summed E-state index contributed by atoms with van der Waals surface area (Å²) in [6, 6.07) is 0. The predicted molar refractivity (Wildman–Crippen MR) is 84.9 cm³/mol. The fraction of sp³-hybridized carbons (Fsp3) is 0.688. The van der Waals surface area contributed by atoms with Gasteiger partial charge in [0.1, 0.15) is 11.4 Å². The number of amides is 2. The molecule has 7 nitrogen and oxygen atoms in total. The number of nitrogens with one attached hydrogen (secondary N) is 1. The van der Waals surface area contributed by atoms with Crippen molar-refractivity contribution >= 4 is 17.8 Å². The molecule has 23 heavy (non-hydrogen) atoms. The first kappa shape index (κ1) is 15.8. The Hall–Kier alpha value is -2.05. The maximum Gasteiger partial charge on any atom is 0.410 e. The zero-order valence-electron chi connectivity index (χ0n) is 14.2. The van der Waals surface area contributed by atoms with Crippen LogP contribution in [0.25, 0.3) is 0 Å². The van der Waals surface area contributed by atoms with E-state index in [1.807, 2.05) is 27.8 Å². The number of fused-ring (bicyclic) bond motifs is 1. The molecule has 1 aromatic rings. The summed E-state index contributed by atoms with van der Waals surface area (Å²) < 4.78 is 7.14. The van der Waals surface area contributed by atoms with E-state index < -0.39 is 5.60 Å². The Bertz CT molecular complexity index is 640. The number of rotatable bonds is 2. The summed E-state index contributed by atoms with van der Waals surface area (Å²) in [5.74, 6) is 0.876. The van der Waals surface area contributed by atoms with Gasteiger partial charge in [0.25, 0.3) is 0 Å². The number of nitrogens with zero attached hydrogens (tertiary/aromatic N) is 3. The van der Waals surface area contributed by atoms with Gasteiger partial charge in [0, 0.05) is 31.5 Å². The van der Waals surface area contributed by atoms with Crippen LogP contribution in [-0.4, -0.2) is 38.8 Å². The molecule has 0 saturated heterocycles. The van der Waals surface area contributed by atoms with Crippen LogP contribution in [0.4, 0.5) is 10.6 Å². The molecule has 3 rings (SSSR count). The fourth-order valence-corrected chi connectivity index (χ4v) is 2.70. The Morgan fingerprint density at radius 1 is 1.30 bits per heavy atom. The normalized spacial score (nSPS) is 17.7. The van der Waals surface area contributed by atoms with E-state index in [4.69, 9.17) is 4.74 Å². The van der Waals surface area contributed by atoms with E-state index in [9.17, 15) is 9.59 Å². The van der Waals surface area contributed by atoms with Crippen LogP contribution in [-0.2, 0) is 29.5 Å². The molecule has 1 aliphatic heterocycles. The number of carbonyl (C=O) groups is 2. The molecule has 0 spiro atoms. The lowest BCUT2D eigenvalue weighted by atomic mass is 10.1. The molecule has 1 N–H and O–H groups in total. The highest BCUT2D eigenvalue weighted by molar-refractivity contribution is 5.94. The molecule has 1 fully saturated rings. The number of anilines is 1. The Balaban J connectivity index is 1.76. The molecule has 2 aliphatic rings. The number of hydrogen-bond acceptors (Lipinski definition) is 4. The summed E-state index contributed by atoms with van der Waals surface area (Å²) in [6.07, 6.45) is 2.25. The number of aryl methyl sites for hydroxylation is 1. The Morgan fingerprint density at radius 2 is 2.00 bits per heavy atom. The number of aromatic nitrogens is 2. The third kappa shape index (κ3) is 3.48. The standard InChI is InChI=1S/C16H24N4O3/c1-16(2,3)23-15(22)20-8-7-12-11(9-20)13(19(4)18-12)17-14(21)10-5-6-10/h10H,5-9H2,1-4H3,(H,17,21). The Kier molecular flexibility index (Phi) is 3.82. The molecular formula is C16H24N4O3. The summed E-state index contributed by atoms with van der Waals surface area (Å²) in [4.78, 5) is 26.0. The molecule has 7 heteroatoms. The molecule has 0 aromatic carbocycles. The van der Waals surface area contributed by atoms with E-state index in [2.05, 4.69) is 10.4 Å². The molecule has 1 aliphatic carbocycles. The first-order valence-electron chi connectivity index (χ1n) is 8.08. The van der Waals surface area contributed by atoms with E-state index >= 15 is 0 Å². The lowest BCUT2D eigenvalue weighted by molar-refractivity contribution is -0.117. The minimum absolute atomic E-state index is 0.0465. The Labute approximate surface area is 136 Å². The van der Waals surface area contributed by atoms with Crippen LogP contribution in [0, 0.1) is 5.92 Å². The van der Waals surface area contributed by atoms with E-state index in [0.717, 1.165) is 24.1 Å².